The third-order valence-electron chi connectivity index (χ3n) is 4.85. The second kappa shape index (κ2) is 7.62. The fraction of sp³-hybridized carbons (Fsp3) is 0.238. The number of fused-ring (bicyclic) bond motifs is 1. The molecule has 1 aromatic heterocycles. The van der Waals surface area contributed by atoms with Gasteiger partial charge in [-0.3, -0.25) is 4.90 Å². The summed E-state index contributed by atoms with van der Waals surface area (Å²) in [7, 11) is 0. The fourth-order valence-corrected chi connectivity index (χ4v) is 3.57. The molecule has 0 radical (unpaired) electrons. The second-order valence-corrected chi connectivity index (χ2v) is 7.10. The molecule has 6 heteroatoms. The molecule has 2 aromatic carbocycles. The molecule has 0 aliphatic carbocycles. The number of hydrogen-bond donors (Lipinski definition) is 1. The molecule has 0 unspecified atom stereocenters. The lowest BCUT2D eigenvalue weighted by atomic mass is 10.1. The van der Waals surface area contributed by atoms with Crippen LogP contribution in [0.2, 0.25) is 5.15 Å². The maximum Gasteiger partial charge on any atom is 0.228 e. The molecule has 0 atom stereocenters. The predicted octanol–water partition coefficient (Wildman–Crippen LogP) is 4.88. The van der Waals surface area contributed by atoms with E-state index in [2.05, 4.69) is 44.5 Å². The van der Waals surface area contributed by atoms with E-state index in [1.165, 1.54) is 11.6 Å². The van der Waals surface area contributed by atoms with Crippen LogP contribution >= 0.6 is 11.6 Å². The van der Waals surface area contributed by atoms with E-state index in [0.717, 1.165) is 37.3 Å². The van der Waals surface area contributed by atoms with E-state index in [0.29, 0.717) is 22.4 Å². The summed E-state index contributed by atoms with van der Waals surface area (Å²) in [5.74, 6) is 0.143. The summed E-state index contributed by atoms with van der Waals surface area (Å²) in [5.41, 5.74) is 4.38. The molecule has 4 rings (SSSR count). The van der Waals surface area contributed by atoms with Gasteiger partial charge in [0.15, 0.2) is 0 Å². The minimum atomic E-state index is -0.263. The predicted molar refractivity (Wildman–Crippen MR) is 106 cm³/mol. The Kier molecular flexibility index (Phi) is 5.05. The topological polar surface area (TPSA) is 41.1 Å². The van der Waals surface area contributed by atoms with Crippen LogP contribution < -0.4 is 5.32 Å². The zero-order chi connectivity index (χ0) is 18.8. The Morgan fingerprint density at radius 3 is 2.74 bits per heavy atom. The van der Waals surface area contributed by atoms with Crippen LogP contribution in [0.5, 0.6) is 0 Å². The molecule has 0 fully saturated rings. The van der Waals surface area contributed by atoms with Gasteiger partial charge in [-0.25, -0.2) is 14.4 Å². The highest BCUT2D eigenvalue weighted by Crippen LogP contribution is 2.28. The van der Waals surface area contributed by atoms with Crippen LogP contribution in [0.1, 0.15) is 22.4 Å². The Morgan fingerprint density at radius 2 is 1.93 bits per heavy atom. The van der Waals surface area contributed by atoms with E-state index in [-0.39, 0.29) is 5.82 Å². The minimum Gasteiger partial charge on any atom is -0.324 e. The average molecular weight is 383 g/mol. The zero-order valence-corrected chi connectivity index (χ0v) is 15.8. The summed E-state index contributed by atoms with van der Waals surface area (Å²) in [6, 6.07) is 15.3. The van der Waals surface area contributed by atoms with E-state index >= 15 is 0 Å². The van der Waals surface area contributed by atoms with Crippen LogP contribution in [0.3, 0.4) is 0 Å². The monoisotopic (exact) mass is 382 g/mol. The molecule has 0 bridgehead atoms. The zero-order valence-electron chi connectivity index (χ0n) is 15.0. The lowest BCUT2D eigenvalue weighted by Crippen LogP contribution is -2.31. The van der Waals surface area contributed by atoms with Crippen molar-refractivity contribution in [3.63, 3.8) is 0 Å². The lowest BCUT2D eigenvalue weighted by Gasteiger charge is -2.28. The van der Waals surface area contributed by atoms with Gasteiger partial charge in [-0.05, 0) is 24.6 Å². The first-order valence-electron chi connectivity index (χ1n) is 8.94. The third-order valence-corrected chi connectivity index (χ3v) is 5.16. The van der Waals surface area contributed by atoms with Crippen molar-refractivity contribution < 1.29 is 4.39 Å². The molecule has 3 aromatic rings. The maximum absolute atomic E-state index is 13.7. The van der Waals surface area contributed by atoms with Gasteiger partial charge in [-0.2, -0.15) is 0 Å². The highest BCUT2D eigenvalue weighted by atomic mass is 35.5. The first-order chi connectivity index (χ1) is 13.1. The maximum atomic E-state index is 13.7. The number of anilines is 2. The summed E-state index contributed by atoms with van der Waals surface area (Å²) >= 11 is 6.46. The SMILES string of the molecule is Cc1c(F)cccc1Nc1nc(Cl)c2c(n1)CCN(Cc1ccccc1)C2. The number of hydrogen-bond acceptors (Lipinski definition) is 4. The number of benzene rings is 2. The van der Waals surface area contributed by atoms with Gasteiger partial charge in [-0.15, -0.1) is 0 Å². The first-order valence-corrected chi connectivity index (χ1v) is 9.31. The van der Waals surface area contributed by atoms with Crippen molar-refractivity contribution >= 4 is 23.2 Å². The lowest BCUT2D eigenvalue weighted by molar-refractivity contribution is 0.243. The molecule has 2 heterocycles. The quantitative estimate of drug-likeness (QED) is 0.653. The Labute approximate surface area is 163 Å². The molecule has 0 amide bonds. The van der Waals surface area contributed by atoms with Crippen molar-refractivity contribution in [2.24, 2.45) is 0 Å². The molecule has 27 heavy (non-hydrogen) atoms. The van der Waals surface area contributed by atoms with Crippen molar-refractivity contribution in [2.45, 2.75) is 26.4 Å². The Morgan fingerprint density at radius 1 is 1.11 bits per heavy atom. The van der Waals surface area contributed by atoms with E-state index in [9.17, 15) is 4.39 Å². The van der Waals surface area contributed by atoms with Crippen LogP contribution in [-0.4, -0.2) is 21.4 Å². The van der Waals surface area contributed by atoms with Crippen LogP contribution in [0.15, 0.2) is 48.5 Å². The molecule has 0 saturated carbocycles. The number of halogens is 2. The molecule has 1 aliphatic heterocycles. The standard InChI is InChI=1S/C21H20ClFN4/c1-14-17(23)8-5-9-18(14)24-21-25-19-10-11-27(13-16(19)20(22)26-21)12-15-6-3-2-4-7-15/h2-9H,10-13H2,1H3,(H,24,25,26). The largest absolute Gasteiger partial charge is 0.324 e. The molecule has 4 nitrogen and oxygen atoms in total. The van der Waals surface area contributed by atoms with Gasteiger partial charge in [0, 0.05) is 42.9 Å². The van der Waals surface area contributed by atoms with Crippen LogP contribution in [0.25, 0.3) is 0 Å². The van der Waals surface area contributed by atoms with E-state index in [4.69, 9.17) is 11.6 Å². The highest BCUT2D eigenvalue weighted by Gasteiger charge is 2.22. The van der Waals surface area contributed by atoms with Crippen molar-refractivity contribution in [1.82, 2.24) is 14.9 Å². The molecule has 138 valence electrons. The summed E-state index contributed by atoms with van der Waals surface area (Å²) in [4.78, 5) is 11.4. The van der Waals surface area contributed by atoms with Crippen molar-refractivity contribution in [3.8, 4) is 0 Å². The molecular formula is C21H20ClFN4. The Hall–Kier alpha value is -2.50. The van der Waals surface area contributed by atoms with Crippen LogP contribution in [0.4, 0.5) is 16.0 Å². The third kappa shape index (κ3) is 3.94. The highest BCUT2D eigenvalue weighted by molar-refractivity contribution is 6.30. The smallest absolute Gasteiger partial charge is 0.228 e. The average Bonchev–Trinajstić information content (AvgIpc) is 2.67. The number of nitrogens with zero attached hydrogens (tertiary/aromatic N) is 3. The minimum absolute atomic E-state index is 0.263. The van der Waals surface area contributed by atoms with Gasteiger partial charge < -0.3 is 5.32 Å². The van der Waals surface area contributed by atoms with Crippen molar-refractivity contribution in [1.29, 1.82) is 0 Å². The van der Waals surface area contributed by atoms with Gasteiger partial charge in [0.2, 0.25) is 5.95 Å². The summed E-state index contributed by atoms with van der Waals surface area (Å²) < 4.78 is 13.7. The van der Waals surface area contributed by atoms with Gasteiger partial charge in [0.25, 0.3) is 0 Å². The van der Waals surface area contributed by atoms with E-state index in [1.807, 2.05) is 6.07 Å². The molecule has 1 N–H and O–H groups in total. The molecular weight excluding hydrogens is 363 g/mol. The van der Waals surface area contributed by atoms with Crippen LogP contribution in [-0.2, 0) is 19.5 Å². The van der Waals surface area contributed by atoms with Crippen LogP contribution in [0, 0.1) is 12.7 Å². The summed E-state index contributed by atoms with van der Waals surface area (Å²) in [6.07, 6.45) is 0.807. The molecule has 0 spiro atoms. The van der Waals surface area contributed by atoms with Gasteiger partial charge in [0.05, 0.1) is 5.69 Å². The van der Waals surface area contributed by atoms with Gasteiger partial charge in [-0.1, -0.05) is 48.0 Å². The number of aromatic nitrogens is 2. The Balaban J connectivity index is 1.53. The van der Waals surface area contributed by atoms with Crippen molar-refractivity contribution in [2.75, 3.05) is 11.9 Å². The fourth-order valence-electron chi connectivity index (χ4n) is 3.33. The normalized spacial score (nSPS) is 14.0. The van der Waals surface area contributed by atoms with Crippen molar-refractivity contribution in [3.05, 3.63) is 81.9 Å². The summed E-state index contributed by atoms with van der Waals surface area (Å²) in [6.45, 7) is 4.23. The summed E-state index contributed by atoms with van der Waals surface area (Å²) in [5, 5.41) is 3.55. The first kappa shape index (κ1) is 17.9. The van der Waals surface area contributed by atoms with Gasteiger partial charge >= 0.3 is 0 Å². The van der Waals surface area contributed by atoms with E-state index < -0.39 is 0 Å². The van der Waals surface area contributed by atoms with Gasteiger partial charge in [0.1, 0.15) is 11.0 Å². The second-order valence-electron chi connectivity index (χ2n) is 6.75. The molecule has 1 aliphatic rings. The number of nitrogens with one attached hydrogen (secondary N) is 1. The Bertz CT molecular complexity index is 962. The molecule has 0 saturated heterocycles. The number of rotatable bonds is 4. The van der Waals surface area contributed by atoms with E-state index in [1.54, 1.807) is 19.1 Å².